The number of hydrogen-bond donors (Lipinski definition) is 2. The van der Waals surface area contributed by atoms with Gasteiger partial charge in [-0.1, -0.05) is 28.5 Å². The highest BCUT2D eigenvalue weighted by Gasteiger charge is 2.10. The van der Waals surface area contributed by atoms with Crippen molar-refractivity contribution in [2.24, 2.45) is 7.05 Å². The van der Waals surface area contributed by atoms with Crippen LogP contribution in [0.15, 0.2) is 11.0 Å². The molecule has 0 amide bonds. The van der Waals surface area contributed by atoms with E-state index in [1.54, 1.807) is 23.9 Å². The van der Waals surface area contributed by atoms with Crippen molar-refractivity contribution >= 4 is 21.6 Å². The van der Waals surface area contributed by atoms with E-state index in [4.69, 9.17) is 0 Å². The molecule has 1 aromatic rings. The van der Waals surface area contributed by atoms with Crippen LogP contribution in [0.25, 0.3) is 0 Å². The van der Waals surface area contributed by atoms with Crippen LogP contribution >= 0.6 is 21.6 Å². The van der Waals surface area contributed by atoms with Crippen LogP contribution in [0, 0.1) is 0 Å². The van der Waals surface area contributed by atoms with Crippen molar-refractivity contribution in [1.29, 1.82) is 0 Å². The lowest BCUT2D eigenvalue weighted by Gasteiger charge is -1.97. The molecular formula is C7H11NO2S2. The topological polar surface area (TPSA) is 45.4 Å². The molecule has 0 fully saturated rings. The fourth-order valence-electron chi connectivity index (χ4n) is 0.736. The lowest BCUT2D eigenvalue weighted by molar-refractivity contribution is 0.383. The molecule has 1 heterocycles. The van der Waals surface area contributed by atoms with E-state index in [2.05, 4.69) is 0 Å². The summed E-state index contributed by atoms with van der Waals surface area (Å²) in [5.41, 5.74) is 0. The van der Waals surface area contributed by atoms with Crippen LogP contribution in [0.2, 0.25) is 0 Å². The van der Waals surface area contributed by atoms with Gasteiger partial charge in [0.25, 0.3) is 0 Å². The molecule has 0 atom stereocenters. The minimum atomic E-state index is 0.0895. The number of nitrogens with zero attached hydrogens (tertiary/aromatic N) is 1. The van der Waals surface area contributed by atoms with Crippen molar-refractivity contribution < 1.29 is 10.2 Å². The van der Waals surface area contributed by atoms with E-state index in [0.717, 1.165) is 5.75 Å². The van der Waals surface area contributed by atoms with E-state index in [1.165, 1.54) is 15.4 Å². The van der Waals surface area contributed by atoms with Crippen LogP contribution in [-0.4, -0.2) is 20.5 Å². The molecule has 0 aromatic carbocycles. The van der Waals surface area contributed by atoms with E-state index >= 15 is 0 Å². The smallest absolute Gasteiger partial charge is 0.208 e. The highest BCUT2D eigenvalue weighted by Crippen LogP contribution is 2.40. The molecule has 1 rings (SSSR count). The molecule has 0 saturated carbocycles. The van der Waals surface area contributed by atoms with E-state index in [-0.39, 0.29) is 11.8 Å². The predicted octanol–water partition coefficient (Wildman–Crippen LogP) is 2.20. The summed E-state index contributed by atoms with van der Waals surface area (Å²) in [7, 11) is 4.71. The minimum Gasteiger partial charge on any atom is -0.494 e. The number of aromatic nitrogens is 1. The summed E-state index contributed by atoms with van der Waals surface area (Å²) < 4.78 is 1.35. The molecule has 68 valence electrons. The van der Waals surface area contributed by atoms with Crippen molar-refractivity contribution in [1.82, 2.24) is 4.57 Å². The average molecular weight is 205 g/mol. The van der Waals surface area contributed by atoms with Crippen LogP contribution in [0.1, 0.15) is 6.92 Å². The third-order valence-corrected chi connectivity index (χ3v) is 3.84. The maximum Gasteiger partial charge on any atom is 0.208 e. The standard InChI is InChI=1S/C7H11NO2S2/c1-3-11-12-5-4-6(9)8(2)7(5)10/h4,9-10H,3H2,1-2H3. The Balaban J connectivity index is 2.79. The van der Waals surface area contributed by atoms with Gasteiger partial charge in [-0.25, -0.2) is 0 Å². The summed E-state index contributed by atoms with van der Waals surface area (Å²) >= 11 is 0. The first-order valence-electron chi connectivity index (χ1n) is 3.54. The van der Waals surface area contributed by atoms with Crippen molar-refractivity contribution in [2.45, 2.75) is 11.8 Å². The highest BCUT2D eigenvalue weighted by molar-refractivity contribution is 8.76. The fourth-order valence-corrected chi connectivity index (χ4v) is 2.45. The molecule has 2 N–H and O–H groups in total. The highest BCUT2D eigenvalue weighted by atomic mass is 33.1. The Morgan fingerprint density at radius 2 is 2.17 bits per heavy atom. The Morgan fingerprint density at radius 3 is 2.58 bits per heavy atom. The number of rotatable bonds is 3. The number of aromatic hydroxyl groups is 2. The Morgan fingerprint density at radius 1 is 1.50 bits per heavy atom. The van der Waals surface area contributed by atoms with Gasteiger partial charge in [0.15, 0.2) is 5.88 Å². The molecule has 0 spiro atoms. The summed E-state index contributed by atoms with van der Waals surface area (Å²) in [6, 6.07) is 1.56. The summed E-state index contributed by atoms with van der Waals surface area (Å²) in [5, 5.41) is 18.6. The van der Waals surface area contributed by atoms with Crippen molar-refractivity contribution in [2.75, 3.05) is 5.75 Å². The van der Waals surface area contributed by atoms with E-state index in [9.17, 15) is 10.2 Å². The molecule has 3 nitrogen and oxygen atoms in total. The van der Waals surface area contributed by atoms with Gasteiger partial charge in [0.05, 0.1) is 4.90 Å². The molecule has 1 aromatic heterocycles. The lowest BCUT2D eigenvalue weighted by atomic mass is 10.6. The molecule has 0 saturated heterocycles. The van der Waals surface area contributed by atoms with Gasteiger partial charge in [0, 0.05) is 18.9 Å². The first-order valence-corrected chi connectivity index (χ1v) is 5.85. The summed E-state index contributed by atoms with van der Waals surface area (Å²) in [5.74, 6) is 1.19. The second-order valence-electron chi connectivity index (χ2n) is 2.24. The zero-order valence-corrected chi connectivity index (χ0v) is 8.58. The van der Waals surface area contributed by atoms with Gasteiger partial charge in [0.2, 0.25) is 5.88 Å². The summed E-state index contributed by atoms with van der Waals surface area (Å²) in [6.07, 6.45) is 0. The predicted molar refractivity (Wildman–Crippen MR) is 52.7 cm³/mol. The third kappa shape index (κ3) is 1.84. The second-order valence-corrected chi connectivity index (χ2v) is 4.87. The first kappa shape index (κ1) is 9.67. The molecule has 5 heteroatoms. The van der Waals surface area contributed by atoms with Gasteiger partial charge >= 0.3 is 0 Å². The van der Waals surface area contributed by atoms with Crippen molar-refractivity contribution in [3.05, 3.63) is 6.07 Å². The van der Waals surface area contributed by atoms with Gasteiger partial charge in [-0.3, -0.25) is 4.57 Å². The maximum absolute atomic E-state index is 9.41. The maximum atomic E-state index is 9.41. The normalized spacial score (nSPS) is 10.5. The molecule has 0 radical (unpaired) electrons. The summed E-state index contributed by atoms with van der Waals surface area (Å²) in [4.78, 5) is 0.710. The number of hydrogen-bond acceptors (Lipinski definition) is 4. The van der Waals surface area contributed by atoms with Crippen LogP contribution in [0.4, 0.5) is 0 Å². The second kappa shape index (κ2) is 4.00. The molecule has 0 unspecified atom stereocenters. The van der Waals surface area contributed by atoms with Crippen molar-refractivity contribution in [3.63, 3.8) is 0 Å². The Bertz CT molecular complexity index is 273. The van der Waals surface area contributed by atoms with Crippen LogP contribution in [-0.2, 0) is 7.05 Å². The largest absolute Gasteiger partial charge is 0.494 e. The third-order valence-electron chi connectivity index (χ3n) is 1.41. The van der Waals surface area contributed by atoms with E-state index in [0.29, 0.717) is 4.90 Å². The lowest BCUT2D eigenvalue weighted by Crippen LogP contribution is -1.83. The van der Waals surface area contributed by atoms with Crippen LogP contribution in [0.5, 0.6) is 11.8 Å². The molecule has 0 aliphatic carbocycles. The van der Waals surface area contributed by atoms with E-state index in [1.807, 2.05) is 6.92 Å². The molecule has 0 aliphatic heterocycles. The SMILES string of the molecule is CCSSc1cc(O)n(C)c1O. The quantitative estimate of drug-likeness (QED) is 0.743. The molecule has 0 bridgehead atoms. The van der Waals surface area contributed by atoms with Gasteiger partial charge in [-0.2, -0.15) is 0 Å². The van der Waals surface area contributed by atoms with Crippen molar-refractivity contribution in [3.8, 4) is 11.8 Å². The average Bonchev–Trinajstić information content (AvgIpc) is 2.30. The monoisotopic (exact) mass is 205 g/mol. The molecular weight excluding hydrogens is 194 g/mol. The molecule has 0 aliphatic rings. The van der Waals surface area contributed by atoms with Crippen LogP contribution in [0.3, 0.4) is 0 Å². The first-order chi connectivity index (χ1) is 5.66. The zero-order chi connectivity index (χ0) is 9.14. The van der Waals surface area contributed by atoms with Gasteiger partial charge < -0.3 is 10.2 Å². The Hall–Kier alpha value is -0.420. The summed E-state index contributed by atoms with van der Waals surface area (Å²) in [6.45, 7) is 2.04. The Labute approximate surface area is 79.2 Å². The van der Waals surface area contributed by atoms with Gasteiger partial charge in [-0.05, 0) is 0 Å². The Kier molecular flexibility index (Phi) is 3.22. The van der Waals surface area contributed by atoms with Gasteiger partial charge in [0.1, 0.15) is 0 Å². The zero-order valence-electron chi connectivity index (χ0n) is 6.94. The fraction of sp³-hybridized carbons (Fsp3) is 0.429. The van der Waals surface area contributed by atoms with Gasteiger partial charge in [-0.15, -0.1) is 0 Å². The van der Waals surface area contributed by atoms with Crippen LogP contribution < -0.4 is 0 Å². The minimum absolute atomic E-state index is 0.0895. The van der Waals surface area contributed by atoms with E-state index < -0.39 is 0 Å². The molecule has 12 heavy (non-hydrogen) atoms.